The van der Waals surface area contributed by atoms with Crippen LogP contribution in [-0.2, 0) is 23.9 Å². The van der Waals surface area contributed by atoms with Gasteiger partial charge in [0, 0.05) is 13.5 Å². The lowest BCUT2D eigenvalue weighted by molar-refractivity contribution is -0.132. The zero-order valence-corrected chi connectivity index (χ0v) is 16.7. The first-order valence-corrected chi connectivity index (χ1v) is 9.57. The minimum Gasteiger partial charge on any atom is -0.394 e. The van der Waals surface area contributed by atoms with Crippen LogP contribution < -0.4 is 16.0 Å². The normalized spacial score (nSPS) is 12.9. The van der Waals surface area contributed by atoms with E-state index in [9.17, 15) is 14.4 Å². The van der Waals surface area contributed by atoms with Gasteiger partial charge in [0.25, 0.3) is 0 Å². The maximum absolute atomic E-state index is 12.4. The van der Waals surface area contributed by atoms with Crippen LogP contribution in [0.2, 0.25) is 0 Å². The fourth-order valence-corrected chi connectivity index (χ4v) is 2.39. The van der Waals surface area contributed by atoms with Gasteiger partial charge in [0.05, 0.1) is 33.0 Å². The Hall–Kier alpha value is -1.71. The molecule has 0 fully saturated rings. The van der Waals surface area contributed by atoms with Crippen LogP contribution in [0.5, 0.6) is 0 Å². The van der Waals surface area contributed by atoms with Gasteiger partial charge >= 0.3 is 0 Å². The van der Waals surface area contributed by atoms with Crippen molar-refractivity contribution in [2.45, 2.75) is 58.5 Å². The first-order chi connectivity index (χ1) is 13.0. The van der Waals surface area contributed by atoms with Crippen molar-refractivity contribution in [3.05, 3.63) is 0 Å². The van der Waals surface area contributed by atoms with Crippen molar-refractivity contribution < 1.29 is 29.0 Å². The maximum atomic E-state index is 12.4. The van der Waals surface area contributed by atoms with Gasteiger partial charge in [0.15, 0.2) is 0 Å². The Balaban J connectivity index is 4.32. The number of rotatable bonds is 16. The van der Waals surface area contributed by atoms with Crippen molar-refractivity contribution in [3.8, 4) is 0 Å². The van der Waals surface area contributed by atoms with E-state index in [0.29, 0.717) is 39.2 Å². The van der Waals surface area contributed by atoms with Crippen LogP contribution in [0.3, 0.4) is 0 Å². The summed E-state index contributed by atoms with van der Waals surface area (Å²) < 4.78 is 10.4. The number of carbonyl (C=O) groups excluding carboxylic acids is 3. The molecule has 4 N–H and O–H groups in total. The van der Waals surface area contributed by atoms with E-state index in [1.54, 1.807) is 0 Å². The van der Waals surface area contributed by atoms with Gasteiger partial charge in [-0.1, -0.05) is 26.7 Å². The molecule has 9 nitrogen and oxygen atoms in total. The maximum Gasteiger partial charge on any atom is 0.243 e. The fourth-order valence-electron chi connectivity index (χ4n) is 2.39. The molecular formula is C18H35N3O6. The van der Waals surface area contributed by atoms with Crippen LogP contribution in [0.15, 0.2) is 0 Å². The molecule has 3 amide bonds. The van der Waals surface area contributed by atoms with E-state index in [1.807, 2.05) is 13.8 Å². The number of amides is 3. The van der Waals surface area contributed by atoms with Crippen molar-refractivity contribution in [1.29, 1.82) is 0 Å². The average molecular weight is 389 g/mol. The Labute approximate surface area is 161 Å². The summed E-state index contributed by atoms with van der Waals surface area (Å²) in [7, 11) is 0. The van der Waals surface area contributed by atoms with Gasteiger partial charge in [-0.15, -0.1) is 0 Å². The van der Waals surface area contributed by atoms with Gasteiger partial charge in [-0.25, -0.2) is 0 Å². The van der Waals surface area contributed by atoms with Crippen molar-refractivity contribution in [3.63, 3.8) is 0 Å². The number of ether oxygens (including phenoxy) is 2. The van der Waals surface area contributed by atoms with E-state index in [1.165, 1.54) is 6.92 Å². The zero-order chi connectivity index (χ0) is 20.5. The van der Waals surface area contributed by atoms with Gasteiger partial charge in [0.2, 0.25) is 17.7 Å². The Morgan fingerprint density at radius 3 is 1.93 bits per heavy atom. The lowest BCUT2D eigenvalue weighted by Gasteiger charge is -2.22. The molecule has 0 aromatic carbocycles. The summed E-state index contributed by atoms with van der Waals surface area (Å²) in [5.41, 5.74) is 0. The predicted molar refractivity (Wildman–Crippen MR) is 101 cm³/mol. The molecule has 27 heavy (non-hydrogen) atoms. The first-order valence-electron chi connectivity index (χ1n) is 9.57. The number of aliphatic hydroxyl groups is 1. The molecule has 0 rings (SSSR count). The van der Waals surface area contributed by atoms with E-state index in [2.05, 4.69) is 16.0 Å². The van der Waals surface area contributed by atoms with Gasteiger partial charge in [-0.3, -0.25) is 14.4 Å². The highest BCUT2D eigenvalue weighted by Gasteiger charge is 2.24. The number of nitrogens with one attached hydrogen (secondary N) is 3. The van der Waals surface area contributed by atoms with Crippen LogP contribution in [-0.4, -0.2) is 74.5 Å². The van der Waals surface area contributed by atoms with E-state index >= 15 is 0 Å². The van der Waals surface area contributed by atoms with Crippen LogP contribution in [0.25, 0.3) is 0 Å². The third-order valence-electron chi connectivity index (χ3n) is 3.63. The average Bonchev–Trinajstić information content (AvgIpc) is 2.62. The smallest absolute Gasteiger partial charge is 0.243 e. The monoisotopic (exact) mass is 389 g/mol. The lowest BCUT2D eigenvalue weighted by atomic mass is 10.1. The summed E-state index contributed by atoms with van der Waals surface area (Å²) >= 11 is 0. The van der Waals surface area contributed by atoms with E-state index < -0.39 is 12.1 Å². The second-order valence-corrected chi connectivity index (χ2v) is 6.13. The Morgan fingerprint density at radius 2 is 1.41 bits per heavy atom. The summed E-state index contributed by atoms with van der Waals surface area (Å²) in [6.45, 7) is 6.86. The van der Waals surface area contributed by atoms with Crippen LogP contribution >= 0.6 is 0 Å². The molecule has 0 aromatic heterocycles. The molecule has 0 saturated carbocycles. The van der Waals surface area contributed by atoms with Crippen molar-refractivity contribution >= 4 is 17.7 Å². The molecule has 0 aromatic rings. The van der Waals surface area contributed by atoms with Gasteiger partial charge < -0.3 is 30.5 Å². The third-order valence-corrected chi connectivity index (χ3v) is 3.63. The second-order valence-electron chi connectivity index (χ2n) is 6.13. The second kappa shape index (κ2) is 16.5. The first kappa shape index (κ1) is 25.3. The fraction of sp³-hybridized carbons (Fsp3) is 0.833. The van der Waals surface area contributed by atoms with Crippen molar-refractivity contribution in [1.82, 2.24) is 16.0 Å². The molecule has 0 spiro atoms. The number of aliphatic hydroxyl groups excluding tert-OH is 1. The Morgan fingerprint density at radius 1 is 0.852 bits per heavy atom. The predicted octanol–water partition coefficient (Wildman–Crippen LogP) is -0.282. The van der Waals surface area contributed by atoms with E-state index in [-0.39, 0.29) is 30.9 Å². The van der Waals surface area contributed by atoms with Crippen LogP contribution in [0.1, 0.15) is 46.5 Å². The van der Waals surface area contributed by atoms with Crippen LogP contribution in [0.4, 0.5) is 0 Å². The highest BCUT2D eigenvalue weighted by molar-refractivity contribution is 5.91. The molecule has 0 radical (unpaired) electrons. The van der Waals surface area contributed by atoms with E-state index in [4.69, 9.17) is 14.6 Å². The lowest BCUT2D eigenvalue weighted by Crippen LogP contribution is -2.53. The third kappa shape index (κ3) is 13.2. The van der Waals surface area contributed by atoms with Crippen molar-refractivity contribution in [2.75, 3.05) is 39.6 Å². The largest absolute Gasteiger partial charge is 0.394 e. The minimum absolute atomic E-state index is 0.0261. The standard InChI is InChI=1S/C18H35N3O6/c1-4-6-15(21-18(25)16(7-5-2)20-14(3)23)17(24)19-8-10-26-12-13-27-11-9-22/h15-16,22H,4-13H2,1-3H3,(H,19,24)(H,20,23)(H,21,25). The quantitative estimate of drug-likeness (QED) is 0.269. The molecule has 2 atom stereocenters. The topological polar surface area (TPSA) is 126 Å². The Kier molecular flexibility index (Phi) is 15.4. The molecule has 9 heteroatoms. The van der Waals surface area contributed by atoms with E-state index in [0.717, 1.165) is 12.8 Å². The number of hydrogen-bond acceptors (Lipinski definition) is 6. The molecule has 158 valence electrons. The van der Waals surface area contributed by atoms with Gasteiger partial charge in [-0.05, 0) is 12.8 Å². The molecule has 0 aliphatic heterocycles. The minimum atomic E-state index is -0.650. The molecule has 0 aliphatic rings. The van der Waals surface area contributed by atoms with Crippen molar-refractivity contribution in [2.24, 2.45) is 0 Å². The van der Waals surface area contributed by atoms with Gasteiger partial charge in [0.1, 0.15) is 12.1 Å². The summed E-state index contributed by atoms with van der Waals surface area (Å²) in [5, 5.41) is 16.7. The summed E-state index contributed by atoms with van der Waals surface area (Å²) in [4.78, 5) is 36.0. The summed E-state index contributed by atoms with van der Waals surface area (Å²) in [5.74, 6) is -0.901. The molecule has 0 aliphatic carbocycles. The molecule has 0 bridgehead atoms. The molecule has 2 unspecified atom stereocenters. The summed E-state index contributed by atoms with van der Waals surface area (Å²) in [6.07, 6.45) is 2.49. The summed E-state index contributed by atoms with van der Waals surface area (Å²) in [6, 6.07) is -1.29. The molecule has 0 saturated heterocycles. The number of carbonyl (C=O) groups is 3. The zero-order valence-electron chi connectivity index (χ0n) is 16.7. The SMILES string of the molecule is CCCC(NC(C)=O)C(=O)NC(CCC)C(=O)NCCOCCOCCO. The highest BCUT2D eigenvalue weighted by Crippen LogP contribution is 2.02. The van der Waals surface area contributed by atoms with Gasteiger partial charge in [-0.2, -0.15) is 0 Å². The van der Waals surface area contributed by atoms with Crippen LogP contribution in [0, 0.1) is 0 Å². The highest BCUT2D eigenvalue weighted by atomic mass is 16.5. The molecule has 0 heterocycles. The number of hydrogen-bond donors (Lipinski definition) is 4. The Bertz CT molecular complexity index is 433. The molecular weight excluding hydrogens is 354 g/mol.